The van der Waals surface area contributed by atoms with Crippen LogP contribution < -0.4 is 0 Å². The molecule has 0 rings (SSSR count). The van der Waals surface area contributed by atoms with Gasteiger partial charge in [0.2, 0.25) is 0 Å². The summed E-state index contributed by atoms with van der Waals surface area (Å²) in [5, 5.41) is 0.368. The van der Waals surface area contributed by atoms with Crippen LogP contribution in [0.2, 0.25) is 5.04 Å². The van der Waals surface area contributed by atoms with Gasteiger partial charge >= 0.3 is 9.28 Å². The third-order valence-corrected chi connectivity index (χ3v) is 12.1. The Balaban J connectivity index is 5.43. The van der Waals surface area contributed by atoms with Crippen molar-refractivity contribution in [3.8, 4) is 0 Å². The van der Waals surface area contributed by atoms with Gasteiger partial charge in [-0.1, -0.05) is 48.5 Å². The molecule has 0 aromatic carbocycles. The standard InChI is InChI=1S/C16H38O2SSi2/c1-10-17-21(18-11-2)16(19,12-14(5,6)7)20-15(8,9)13(3)4/h13,19,21H,10-12,20H2,1-9H3/t16-/m0/s1. The molecule has 0 heterocycles. The van der Waals surface area contributed by atoms with Gasteiger partial charge in [0, 0.05) is 26.7 Å². The molecule has 0 radical (unpaired) electrons. The fourth-order valence-corrected chi connectivity index (χ4v) is 12.9. The minimum absolute atomic E-state index is 0.00194. The number of hydrogen-bond acceptors (Lipinski definition) is 3. The van der Waals surface area contributed by atoms with Gasteiger partial charge < -0.3 is 8.85 Å². The molecule has 0 N–H and O–H groups in total. The average molecular weight is 351 g/mol. The van der Waals surface area contributed by atoms with Crippen LogP contribution in [0, 0.1) is 11.3 Å². The van der Waals surface area contributed by atoms with Crippen molar-refractivity contribution in [2.24, 2.45) is 11.3 Å². The Labute approximate surface area is 142 Å². The molecule has 1 atom stereocenters. The van der Waals surface area contributed by atoms with E-state index in [0.29, 0.717) is 11.0 Å². The molecule has 0 fully saturated rings. The van der Waals surface area contributed by atoms with Crippen molar-refractivity contribution in [3.63, 3.8) is 0 Å². The van der Waals surface area contributed by atoms with Gasteiger partial charge in [0.05, 0.1) is 0 Å². The first-order valence-corrected chi connectivity index (χ1v) is 11.7. The van der Waals surface area contributed by atoms with Crippen LogP contribution in [0.4, 0.5) is 0 Å². The van der Waals surface area contributed by atoms with Gasteiger partial charge in [-0.25, -0.2) is 0 Å². The van der Waals surface area contributed by atoms with Gasteiger partial charge in [-0.2, -0.15) is 12.6 Å². The molecule has 0 aliphatic rings. The lowest BCUT2D eigenvalue weighted by molar-refractivity contribution is 0.199. The summed E-state index contributed by atoms with van der Waals surface area (Å²) in [7, 11) is -2.26. The van der Waals surface area contributed by atoms with E-state index in [9.17, 15) is 0 Å². The van der Waals surface area contributed by atoms with E-state index in [0.717, 1.165) is 19.6 Å². The fraction of sp³-hybridized carbons (Fsp3) is 1.00. The summed E-state index contributed by atoms with van der Waals surface area (Å²) in [6.45, 7) is 22.0. The van der Waals surface area contributed by atoms with Crippen molar-refractivity contribution in [3.05, 3.63) is 0 Å². The molecule has 5 heteroatoms. The fourth-order valence-electron chi connectivity index (χ4n) is 2.80. The Morgan fingerprint density at radius 3 is 1.71 bits per heavy atom. The van der Waals surface area contributed by atoms with E-state index in [1.54, 1.807) is 0 Å². The summed E-state index contributed by atoms with van der Waals surface area (Å²) >= 11 is 5.24. The predicted octanol–water partition coefficient (Wildman–Crippen LogP) is 3.90. The van der Waals surface area contributed by atoms with Gasteiger partial charge in [-0.15, -0.1) is 0 Å². The average Bonchev–Trinajstić information content (AvgIpc) is 2.25. The summed E-state index contributed by atoms with van der Waals surface area (Å²) in [6.07, 6.45) is 1.09. The monoisotopic (exact) mass is 350 g/mol. The zero-order chi connectivity index (χ0) is 16.9. The highest BCUT2D eigenvalue weighted by atomic mass is 32.1. The molecule has 0 spiro atoms. The number of hydrogen-bond donors (Lipinski definition) is 1. The van der Waals surface area contributed by atoms with E-state index in [1.807, 2.05) is 0 Å². The topological polar surface area (TPSA) is 18.5 Å². The minimum Gasteiger partial charge on any atom is -0.396 e. The van der Waals surface area contributed by atoms with E-state index in [4.69, 9.17) is 21.5 Å². The SMILES string of the molecule is CCO[SiH](OCC)[C@](S)(CC(C)(C)C)[SiH2]C(C)(C)C(C)C. The molecule has 0 aliphatic heterocycles. The van der Waals surface area contributed by atoms with Crippen molar-refractivity contribution >= 4 is 31.4 Å². The van der Waals surface area contributed by atoms with E-state index in [1.165, 1.54) is 0 Å². The first-order valence-electron chi connectivity index (χ1n) is 8.33. The second-order valence-corrected chi connectivity index (χ2v) is 17.1. The van der Waals surface area contributed by atoms with Crippen LogP contribution in [0.5, 0.6) is 0 Å². The molecule has 0 unspecified atom stereocenters. The van der Waals surface area contributed by atoms with Crippen molar-refractivity contribution in [1.29, 1.82) is 0 Å². The third-order valence-electron chi connectivity index (χ3n) is 4.24. The van der Waals surface area contributed by atoms with Gasteiger partial charge in [-0.3, -0.25) is 0 Å². The van der Waals surface area contributed by atoms with Crippen LogP contribution in [-0.4, -0.2) is 36.0 Å². The predicted molar refractivity (Wildman–Crippen MR) is 104 cm³/mol. The Bertz CT molecular complexity index is 297. The first-order chi connectivity index (χ1) is 9.38. The molecule has 0 bridgehead atoms. The summed E-state index contributed by atoms with van der Waals surface area (Å²) in [4.78, 5) is 0. The molecule has 0 saturated carbocycles. The van der Waals surface area contributed by atoms with Crippen LogP contribution in [0.15, 0.2) is 0 Å². The van der Waals surface area contributed by atoms with Crippen molar-refractivity contribution in [2.45, 2.75) is 77.8 Å². The lowest BCUT2D eigenvalue weighted by Gasteiger charge is -2.44. The molecule has 0 amide bonds. The van der Waals surface area contributed by atoms with Crippen LogP contribution in [0.3, 0.4) is 0 Å². The number of rotatable bonds is 9. The van der Waals surface area contributed by atoms with Crippen LogP contribution in [-0.2, 0) is 8.85 Å². The van der Waals surface area contributed by atoms with Gasteiger partial charge in [0.25, 0.3) is 0 Å². The smallest absolute Gasteiger partial charge is 0.334 e. The highest BCUT2D eigenvalue weighted by Gasteiger charge is 2.46. The molecule has 128 valence electrons. The van der Waals surface area contributed by atoms with Crippen LogP contribution in [0.25, 0.3) is 0 Å². The Kier molecular flexibility index (Phi) is 8.81. The molecule has 0 aliphatic carbocycles. The zero-order valence-electron chi connectivity index (χ0n) is 15.7. The third kappa shape index (κ3) is 7.68. The van der Waals surface area contributed by atoms with Gasteiger partial charge in [0.15, 0.2) is 0 Å². The Morgan fingerprint density at radius 2 is 1.43 bits per heavy atom. The van der Waals surface area contributed by atoms with Crippen molar-refractivity contribution < 1.29 is 8.85 Å². The van der Waals surface area contributed by atoms with E-state index in [-0.39, 0.29) is 9.41 Å². The maximum Gasteiger partial charge on any atom is 0.334 e. The van der Waals surface area contributed by atoms with E-state index < -0.39 is 18.8 Å². The Morgan fingerprint density at radius 1 is 1.00 bits per heavy atom. The number of thiol groups is 1. The first kappa shape index (κ1) is 21.7. The molecule has 0 saturated heterocycles. The highest BCUT2D eigenvalue weighted by Crippen LogP contribution is 2.43. The molecule has 2 nitrogen and oxygen atoms in total. The summed E-state index contributed by atoms with van der Waals surface area (Å²) < 4.78 is 12.2. The second kappa shape index (κ2) is 8.53. The lowest BCUT2D eigenvalue weighted by atomic mass is 9.93. The zero-order valence-corrected chi connectivity index (χ0v) is 19.2. The second-order valence-electron chi connectivity index (χ2n) is 8.40. The summed E-state index contributed by atoms with van der Waals surface area (Å²) in [5.74, 6) is 0.675. The van der Waals surface area contributed by atoms with Crippen LogP contribution in [0.1, 0.15) is 68.7 Å². The lowest BCUT2D eigenvalue weighted by Crippen LogP contribution is -2.55. The van der Waals surface area contributed by atoms with Crippen LogP contribution >= 0.6 is 12.6 Å². The van der Waals surface area contributed by atoms with Crippen molar-refractivity contribution in [1.82, 2.24) is 0 Å². The van der Waals surface area contributed by atoms with E-state index >= 15 is 0 Å². The molecule has 0 aromatic rings. The quantitative estimate of drug-likeness (QED) is 0.502. The molecule has 21 heavy (non-hydrogen) atoms. The molecule has 0 aromatic heterocycles. The molecular weight excluding hydrogens is 312 g/mol. The highest BCUT2D eigenvalue weighted by molar-refractivity contribution is 7.85. The van der Waals surface area contributed by atoms with Gasteiger partial charge in [-0.05, 0) is 36.6 Å². The van der Waals surface area contributed by atoms with Gasteiger partial charge in [0.1, 0.15) is 0 Å². The Hall–Kier alpha value is 0.704. The van der Waals surface area contributed by atoms with E-state index in [2.05, 4.69) is 62.3 Å². The largest absolute Gasteiger partial charge is 0.396 e. The summed E-state index contributed by atoms with van der Waals surface area (Å²) in [5.41, 5.74) is 0.251. The maximum absolute atomic E-state index is 6.09. The molecular formula is C16H38O2SSi2. The normalized spacial score (nSPS) is 17.1. The maximum atomic E-state index is 6.09. The van der Waals surface area contributed by atoms with Crippen molar-refractivity contribution in [2.75, 3.05) is 13.2 Å². The minimum atomic E-state index is -1.78. The summed E-state index contributed by atoms with van der Waals surface area (Å²) in [6, 6.07) is 0.